The van der Waals surface area contributed by atoms with Gasteiger partial charge in [-0.25, -0.2) is 9.36 Å². The molecule has 8 heterocycles. The molecule has 0 saturated heterocycles. The highest BCUT2D eigenvalue weighted by molar-refractivity contribution is 7.10. The van der Waals surface area contributed by atoms with Gasteiger partial charge in [0.05, 0.1) is 70.5 Å². The van der Waals surface area contributed by atoms with Crippen molar-refractivity contribution in [1.82, 2.24) is 48.9 Å². The SMILES string of the molecule is Cc1cc(C)n(Cc2cc(C3=CN(CC(C(=O)C(CN4C=CCC(c5cc(Cn6nc(C)cc6C)n(-c6ccccc6)n5)=C4)c4cccs4)c4cccs4)C=CC3)nn2-c2ccccc2)n1. The van der Waals surface area contributed by atoms with E-state index in [4.69, 9.17) is 20.4 Å². The zero-order valence-electron chi connectivity index (χ0n) is 37.6. The molecule has 0 fully saturated rings. The Labute approximate surface area is 393 Å². The second-order valence-electron chi connectivity index (χ2n) is 17.1. The van der Waals surface area contributed by atoms with E-state index in [9.17, 15) is 0 Å². The number of hydrogen-bond acceptors (Lipinski definition) is 9. The molecular weight excluding hydrogens is 857 g/mol. The molecule has 2 aliphatic rings. The minimum atomic E-state index is -0.364. The van der Waals surface area contributed by atoms with Crippen LogP contribution < -0.4 is 0 Å². The summed E-state index contributed by atoms with van der Waals surface area (Å²) in [6.45, 7) is 10.4. The standard InChI is InChI=1S/C53H52N10OS2/c1-37-27-39(3)60(54-37)33-45-29-49(56-62(45)43-17-7-5-8-18-43)41-15-11-23-58(31-41)35-47(51-21-13-25-65-51)53(64)48(52-22-14-26-66-52)36-59-24-12-16-42(32-59)50-30-46(34-61-40(4)28-38(2)55-61)63(57-50)44-19-9-6-10-20-44/h5-14,17-32,47-48H,15-16,33-36H2,1-4H3. The number of nitrogens with zero attached hydrogens (tertiary/aromatic N) is 10. The van der Waals surface area contributed by atoms with Gasteiger partial charge in [-0.1, -0.05) is 60.7 Å². The molecule has 8 aromatic rings. The Hall–Kier alpha value is -7.09. The summed E-state index contributed by atoms with van der Waals surface area (Å²) in [6, 6.07) is 37.4. The van der Waals surface area contributed by atoms with Crippen molar-refractivity contribution in [2.24, 2.45) is 0 Å². The van der Waals surface area contributed by atoms with Gasteiger partial charge in [-0.05, 0) is 136 Å². The van der Waals surface area contributed by atoms with Gasteiger partial charge in [0.2, 0.25) is 0 Å². The molecule has 2 aliphatic heterocycles. The molecule has 66 heavy (non-hydrogen) atoms. The minimum Gasteiger partial charge on any atom is -0.353 e. The summed E-state index contributed by atoms with van der Waals surface area (Å²) >= 11 is 3.29. The van der Waals surface area contributed by atoms with E-state index in [0.717, 1.165) is 90.7 Å². The topological polar surface area (TPSA) is 94.8 Å². The molecule has 0 spiro atoms. The maximum absolute atomic E-state index is 15.3. The quantitative estimate of drug-likeness (QED) is 0.0953. The van der Waals surface area contributed by atoms with Crippen molar-refractivity contribution >= 4 is 39.6 Å². The summed E-state index contributed by atoms with van der Waals surface area (Å²) in [5.74, 6) is -0.531. The monoisotopic (exact) mass is 908 g/mol. The van der Waals surface area contributed by atoms with Crippen molar-refractivity contribution in [2.75, 3.05) is 13.1 Å². The van der Waals surface area contributed by atoms with Crippen molar-refractivity contribution in [3.63, 3.8) is 0 Å². The number of carbonyl (C=O) groups excluding carboxylic acids is 1. The Morgan fingerprint density at radius 3 is 1.38 bits per heavy atom. The fraction of sp³-hybridized carbons (Fsp3) is 0.226. The molecule has 11 nitrogen and oxygen atoms in total. The summed E-state index contributed by atoms with van der Waals surface area (Å²) in [5, 5.41) is 24.0. The molecule has 6 aromatic heterocycles. The van der Waals surface area contributed by atoms with Crippen LogP contribution in [0.5, 0.6) is 0 Å². The molecule has 0 radical (unpaired) electrons. The first-order chi connectivity index (χ1) is 32.2. The fourth-order valence-corrected chi connectivity index (χ4v) is 10.7. The fourth-order valence-electron chi connectivity index (χ4n) is 9.02. The number of carbonyl (C=O) groups is 1. The van der Waals surface area contributed by atoms with Crippen LogP contribution in [0.3, 0.4) is 0 Å². The molecule has 13 heteroatoms. The summed E-state index contributed by atoms with van der Waals surface area (Å²) in [5.41, 5.74) is 12.3. The zero-order valence-corrected chi connectivity index (χ0v) is 39.2. The summed E-state index contributed by atoms with van der Waals surface area (Å²) in [6.07, 6.45) is 14.4. The predicted molar refractivity (Wildman–Crippen MR) is 265 cm³/mol. The van der Waals surface area contributed by atoms with Gasteiger partial charge < -0.3 is 9.80 Å². The second-order valence-corrected chi connectivity index (χ2v) is 19.1. The number of benzene rings is 2. The number of para-hydroxylation sites is 2. The average molecular weight is 909 g/mol. The molecule has 0 saturated carbocycles. The average Bonchev–Trinajstić information content (AvgIpc) is 4.21. The van der Waals surface area contributed by atoms with Crippen LogP contribution in [-0.2, 0) is 17.9 Å². The molecule has 2 aromatic carbocycles. The van der Waals surface area contributed by atoms with E-state index in [1.807, 2.05) is 81.1 Å². The van der Waals surface area contributed by atoms with Crippen LogP contribution >= 0.6 is 22.7 Å². The molecular formula is C53H52N10OS2. The van der Waals surface area contributed by atoms with Crippen LogP contribution in [0, 0.1) is 27.7 Å². The molecule has 0 N–H and O–H groups in total. The number of hydrogen-bond donors (Lipinski definition) is 0. The molecule has 0 amide bonds. The molecule has 0 bridgehead atoms. The highest BCUT2D eigenvalue weighted by Crippen LogP contribution is 2.36. The van der Waals surface area contributed by atoms with Crippen molar-refractivity contribution in [2.45, 2.75) is 65.5 Å². The van der Waals surface area contributed by atoms with E-state index in [1.54, 1.807) is 22.7 Å². The van der Waals surface area contributed by atoms with E-state index in [1.165, 1.54) is 0 Å². The van der Waals surface area contributed by atoms with E-state index >= 15 is 4.79 Å². The van der Waals surface area contributed by atoms with Crippen LogP contribution in [0.1, 0.15) is 80.0 Å². The Morgan fingerprint density at radius 2 is 1.00 bits per heavy atom. The van der Waals surface area contributed by atoms with Gasteiger partial charge in [-0.15, -0.1) is 22.7 Å². The number of rotatable bonds is 16. The van der Waals surface area contributed by atoms with Gasteiger partial charge in [0.1, 0.15) is 0 Å². The van der Waals surface area contributed by atoms with Crippen molar-refractivity contribution in [3.8, 4) is 11.4 Å². The maximum atomic E-state index is 15.3. The lowest BCUT2D eigenvalue weighted by Crippen LogP contribution is -2.33. The number of allylic oxidation sites excluding steroid dienone is 4. The third-order valence-electron chi connectivity index (χ3n) is 12.2. The lowest BCUT2D eigenvalue weighted by molar-refractivity contribution is -0.122. The van der Waals surface area contributed by atoms with Crippen LogP contribution in [0.2, 0.25) is 0 Å². The first-order valence-corrected chi connectivity index (χ1v) is 24.2. The van der Waals surface area contributed by atoms with E-state index < -0.39 is 0 Å². The van der Waals surface area contributed by atoms with Gasteiger partial charge in [0.15, 0.2) is 5.78 Å². The first kappa shape index (κ1) is 42.8. The molecule has 2 unspecified atom stereocenters. The Bertz CT molecular complexity index is 2870. The molecule has 0 aliphatic carbocycles. The summed E-state index contributed by atoms with van der Waals surface area (Å²) < 4.78 is 8.14. The Kier molecular flexibility index (Phi) is 12.2. The van der Waals surface area contributed by atoms with Crippen LogP contribution in [0.25, 0.3) is 22.5 Å². The Morgan fingerprint density at radius 1 is 0.561 bits per heavy atom. The summed E-state index contributed by atoms with van der Waals surface area (Å²) in [7, 11) is 0. The van der Waals surface area contributed by atoms with E-state index in [0.29, 0.717) is 26.2 Å². The molecule has 10 rings (SSSR count). The van der Waals surface area contributed by atoms with Crippen LogP contribution in [-0.4, -0.2) is 67.8 Å². The predicted octanol–water partition coefficient (Wildman–Crippen LogP) is 10.9. The third kappa shape index (κ3) is 9.22. The highest BCUT2D eigenvalue weighted by Gasteiger charge is 2.33. The van der Waals surface area contributed by atoms with Gasteiger partial charge in [0.25, 0.3) is 0 Å². The highest BCUT2D eigenvalue weighted by atomic mass is 32.1. The van der Waals surface area contributed by atoms with Gasteiger partial charge in [0, 0.05) is 46.6 Å². The summed E-state index contributed by atoms with van der Waals surface area (Å²) in [4.78, 5) is 21.8. The second kappa shape index (κ2) is 18.8. The number of thiophene rings is 2. The smallest absolute Gasteiger partial charge is 0.153 e. The minimum absolute atomic E-state index is 0.198. The van der Waals surface area contributed by atoms with Crippen LogP contribution in [0.15, 0.2) is 157 Å². The van der Waals surface area contributed by atoms with Crippen molar-refractivity contribution in [3.05, 3.63) is 212 Å². The van der Waals surface area contributed by atoms with Crippen molar-refractivity contribution < 1.29 is 4.79 Å². The van der Waals surface area contributed by atoms with Crippen LogP contribution in [0.4, 0.5) is 0 Å². The normalized spacial score (nSPS) is 14.7. The zero-order chi connectivity index (χ0) is 45.1. The number of ketones is 1. The third-order valence-corrected chi connectivity index (χ3v) is 14.2. The van der Waals surface area contributed by atoms with Crippen molar-refractivity contribution in [1.29, 1.82) is 0 Å². The molecule has 2 atom stereocenters. The Balaban J connectivity index is 0.927. The molecule has 332 valence electrons. The lowest BCUT2D eigenvalue weighted by atomic mass is 9.89. The first-order valence-electron chi connectivity index (χ1n) is 22.4. The largest absolute Gasteiger partial charge is 0.353 e. The van der Waals surface area contributed by atoms with E-state index in [-0.39, 0.29) is 17.6 Å². The number of Topliss-reactive ketones (excluding diaryl/α,β-unsaturated/α-hetero) is 1. The number of aromatic nitrogens is 8. The van der Waals surface area contributed by atoms with E-state index in [2.05, 4.69) is 132 Å². The van der Waals surface area contributed by atoms with Gasteiger partial charge >= 0.3 is 0 Å². The van der Waals surface area contributed by atoms with Gasteiger partial charge in [-0.3, -0.25) is 14.2 Å². The lowest BCUT2D eigenvalue weighted by Gasteiger charge is -2.30. The number of aryl methyl sites for hydroxylation is 4. The maximum Gasteiger partial charge on any atom is 0.153 e. The van der Waals surface area contributed by atoms with Gasteiger partial charge in [-0.2, -0.15) is 20.4 Å².